The van der Waals surface area contributed by atoms with E-state index < -0.39 is 5.54 Å². The number of carbonyl (C=O) groups is 2. The van der Waals surface area contributed by atoms with Crippen molar-refractivity contribution < 1.29 is 9.59 Å². The smallest absolute Gasteiger partial charge is 0.267 e. The fourth-order valence-corrected chi connectivity index (χ4v) is 3.23. The predicted octanol–water partition coefficient (Wildman–Crippen LogP) is 5.30. The third-order valence-corrected chi connectivity index (χ3v) is 4.80. The number of rotatable bonds is 6. The highest BCUT2D eigenvalue weighted by Crippen LogP contribution is 2.23. The van der Waals surface area contributed by atoms with E-state index in [-0.39, 0.29) is 18.4 Å². The largest absolute Gasteiger partial charge is 0.272 e. The third kappa shape index (κ3) is 5.35. The van der Waals surface area contributed by atoms with Gasteiger partial charge >= 0.3 is 0 Å². The lowest BCUT2D eigenvalue weighted by molar-refractivity contribution is -0.0380. The number of benzene rings is 2. The molecular weight excluding hydrogens is 360 g/mol. The first-order chi connectivity index (χ1) is 13.7. The summed E-state index contributed by atoms with van der Waals surface area (Å²) >= 11 is 0. The molecule has 0 aliphatic heterocycles. The minimum Gasteiger partial charge on any atom is -0.267 e. The van der Waals surface area contributed by atoms with Crippen molar-refractivity contribution in [1.29, 1.82) is 0 Å². The molecule has 4 nitrogen and oxygen atoms in total. The molecule has 0 fully saturated rings. The number of amides is 2. The van der Waals surface area contributed by atoms with E-state index in [1.165, 1.54) is 5.01 Å². The Balaban J connectivity index is 2.48. The lowest BCUT2D eigenvalue weighted by Gasteiger charge is -2.43. The van der Waals surface area contributed by atoms with Crippen LogP contribution in [0.25, 0.3) is 0 Å². The summed E-state index contributed by atoms with van der Waals surface area (Å²) in [6, 6.07) is 15.1. The number of aryl methyl sites for hydroxylation is 2. The fourth-order valence-electron chi connectivity index (χ4n) is 3.23. The van der Waals surface area contributed by atoms with Crippen LogP contribution in [0.2, 0.25) is 0 Å². The minimum absolute atomic E-state index is 0.201. The molecule has 0 heterocycles. The van der Waals surface area contributed by atoms with Crippen molar-refractivity contribution in [3.8, 4) is 0 Å². The Morgan fingerprint density at radius 1 is 0.897 bits per heavy atom. The molecule has 0 saturated heterocycles. The molecule has 0 spiro atoms. The summed E-state index contributed by atoms with van der Waals surface area (Å²) in [5.74, 6) is -0.421. The van der Waals surface area contributed by atoms with Gasteiger partial charge in [0, 0.05) is 11.1 Å². The average Bonchev–Trinajstić information content (AvgIpc) is 2.72. The Bertz CT molecular complexity index is 863. The van der Waals surface area contributed by atoms with E-state index >= 15 is 0 Å². The maximum Gasteiger partial charge on any atom is 0.272 e. The van der Waals surface area contributed by atoms with Crippen LogP contribution < -0.4 is 0 Å². The number of nitrogens with zero attached hydrogens (tertiary/aromatic N) is 2. The second-order valence-electron chi connectivity index (χ2n) is 8.07. The van der Waals surface area contributed by atoms with E-state index in [0.29, 0.717) is 11.1 Å². The lowest BCUT2D eigenvalue weighted by Crippen LogP contribution is -2.58. The first-order valence-electron chi connectivity index (χ1n) is 10.2. The van der Waals surface area contributed by atoms with Crippen LogP contribution in [0.5, 0.6) is 0 Å². The molecular formula is C25H32N2O2. The second kappa shape index (κ2) is 9.55. The SMILES string of the molecule is C=CCN(C(=O)c1ccc(CC)cc1)N(C(=O)c1cccc(CC)c1)C(C)(C)C. The van der Waals surface area contributed by atoms with E-state index in [0.717, 1.165) is 24.0 Å². The van der Waals surface area contributed by atoms with Crippen LogP contribution in [0, 0.1) is 0 Å². The zero-order valence-corrected chi connectivity index (χ0v) is 18.2. The molecule has 0 unspecified atom stereocenters. The van der Waals surface area contributed by atoms with E-state index in [1.807, 2.05) is 63.2 Å². The van der Waals surface area contributed by atoms with Gasteiger partial charge in [0.15, 0.2) is 0 Å². The van der Waals surface area contributed by atoms with Gasteiger partial charge in [-0.3, -0.25) is 9.59 Å². The van der Waals surface area contributed by atoms with Gasteiger partial charge in [-0.2, -0.15) is 0 Å². The first-order valence-corrected chi connectivity index (χ1v) is 10.2. The summed E-state index contributed by atoms with van der Waals surface area (Å²) in [4.78, 5) is 26.9. The highest BCUT2D eigenvalue weighted by atomic mass is 16.2. The van der Waals surface area contributed by atoms with Crippen LogP contribution in [0.1, 0.15) is 66.5 Å². The Labute approximate surface area is 174 Å². The molecule has 0 atom stereocenters. The van der Waals surface area contributed by atoms with Gasteiger partial charge in [0.25, 0.3) is 11.8 Å². The molecule has 154 valence electrons. The maximum atomic E-state index is 13.5. The van der Waals surface area contributed by atoms with Gasteiger partial charge in [0.2, 0.25) is 0 Å². The van der Waals surface area contributed by atoms with Crippen molar-refractivity contribution >= 4 is 11.8 Å². The van der Waals surface area contributed by atoms with Crippen LogP contribution in [-0.4, -0.2) is 33.9 Å². The molecule has 0 aliphatic rings. The Kier molecular flexibility index (Phi) is 7.38. The lowest BCUT2D eigenvalue weighted by atomic mass is 10.0. The van der Waals surface area contributed by atoms with E-state index in [9.17, 15) is 9.59 Å². The summed E-state index contributed by atoms with van der Waals surface area (Å²) in [5, 5.41) is 3.05. The molecule has 0 radical (unpaired) electrons. The topological polar surface area (TPSA) is 40.6 Å². The minimum atomic E-state index is -0.596. The summed E-state index contributed by atoms with van der Waals surface area (Å²) in [7, 11) is 0. The van der Waals surface area contributed by atoms with Crippen LogP contribution in [0.15, 0.2) is 61.2 Å². The molecule has 0 aromatic heterocycles. The standard InChI is InChI=1S/C25H32N2O2/c1-7-17-26(23(28)21-15-13-19(8-2)14-16-21)27(25(4,5)6)24(29)22-12-10-11-20(9-3)18-22/h7,10-16,18H,1,8-9,17H2,2-6H3. The van der Waals surface area contributed by atoms with Gasteiger partial charge in [-0.25, -0.2) is 10.0 Å². The quantitative estimate of drug-likeness (QED) is 0.495. The van der Waals surface area contributed by atoms with Crippen molar-refractivity contribution in [3.63, 3.8) is 0 Å². The van der Waals surface area contributed by atoms with Crippen molar-refractivity contribution in [2.24, 2.45) is 0 Å². The number of carbonyl (C=O) groups excluding carboxylic acids is 2. The monoisotopic (exact) mass is 392 g/mol. The van der Waals surface area contributed by atoms with Gasteiger partial charge < -0.3 is 0 Å². The Hall–Kier alpha value is -2.88. The molecule has 0 aliphatic carbocycles. The fraction of sp³-hybridized carbons (Fsp3) is 0.360. The zero-order valence-electron chi connectivity index (χ0n) is 18.2. The molecule has 0 bridgehead atoms. The average molecular weight is 393 g/mol. The van der Waals surface area contributed by atoms with Crippen molar-refractivity contribution in [2.45, 2.75) is 53.0 Å². The van der Waals surface area contributed by atoms with Gasteiger partial charge in [0.05, 0.1) is 12.1 Å². The van der Waals surface area contributed by atoms with E-state index in [4.69, 9.17) is 0 Å². The molecule has 2 aromatic carbocycles. The van der Waals surface area contributed by atoms with Crippen molar-refractivity contribution in [3.05, 3.63) is 83.4 Å². The zero-order chi connectivity index (χ0) is 21.6. The van der Waals surface area contributed by atoms with Gasteiger partial charge in [-0.05, 0) is 69.0 Å². The highest BCUT2D eigenvalue weighted by Gasteiger charge is 2.35. The number of hydrogen-bond acceptors (Lipinski definition) is 2. The van der Waals surface area contributed by atoms with Crippen molar-refractivity contribution in [2.75, 3.05) is 6.54 Å². The normalized spacial score (nSPS) is 11.1. The second-order valence-corrected chi connectivity index (χ2v) is 8.07. The molecule has 29 heavy (non-hydrogen) atoms. The number of hydrogen-bond donors (Lipinski definition) is 0. The van der Waals surface area contributed by atoms with Gasteiger partial charge in [0.1, 0.15) is 0 Å². The maximum absolute atomic E-state index is 13.5. The van der Waals surface area contributed by atoms with Crippen LogP contribution in [-0.2, 0) is 12.8 Å². The van der Waals surface area contributed by atoms with Gasteiger partial charge in [-0.1, -0.05) is 44.2 Å². The third-order valence-electron chi connectivity index (χ3n) is 4.80. The molecule has 0 N–H and O–H groups in total. The van der Waals surface area contributed by atoms with Crippen LogP contribution in [0.3, 0.4) is 0 Å². The van der Waals surface area contributed by atoms with Crippen LogP contribution >= 0.6 is 0 Å². The van der Waals surface area contributed by atoms with Crippen LogP contribution in [0.4, 0.5) is 0 Å². The molecule has 2 amide bonds. The van der Waals surface area contributed by atoms with E-state index in [1.54, 1.807) is 17.2 Å². The summed E-state index contributed by atoms with van der Waals surface area (Å²) in [6.45, 7) is 14.0. The van der Waals surface area contributed by atoms with Gasteiger partial charge in [-0.15, -0.1) is 6.58 Å². The number of hydrazine groups is 1. The van der Waals surface area contributed by atoms with E-state index in [2.05, 4.69) is 20.4 Å². The summed E-state index contributed by atoms with van der Waals surface area (Å²) in [6.07, 6.45) is 3.40. The predicted molar refractivity (Wildman–Crippen MR) is 119 cm³/mol. The Morgan fingerprint density at radius 3 is 2.03 bits per heavy atom. The molecule has 2 aromatic rings. The summed E-state index contributed by atoms with van der Waals surface area (Å²) < 4.78 is 0. The molecule has 0 saturated carbocycles. The van der Waals surface area contributed by atoms with Crippen molar-refractivity contribution in [1.82, 2.24) is 10.0 Å². The summed E-state index contributed by atoms with van der Waals surface area (Å²) in [5.41, 5.74) is 2.77. The highest BCUT2D eigenvalue weighted by molar-refractivity contribution is 5.99. The Morgan fingerprint density at radius 2 is 1.52 bits per heavy atom. The first kappa shape index (κ1) is 22.4. The molecule has 4 heteroatoms. The molecule has 2 rings (SSSR count).